The first-order valence-corrected chi connectivity index (χ1v) is 12.1. The molecule has 2 aromatic rings. The molecule has 0 radical (unpaired) electrons. The zero-order valence-corrected chi connectivity index (χ0v) is 19.5. The van der Waals surface area contributed by atoms with Gasteiger partial charge >= 0.3 is 6.18 Å². The van der Waals surface area contributed by atoms with Crippen molar-refractivity contribution in [3.05, 3.63) is 69.8 Å². The molecule has 1 saturated heterocycles. The molecular weight excluding hydrogens is 437 g/mol. The molecule has 1 aliphatic carbocycles. The van der Waals surface area contributed by atoms with Crippen LogP contribution < -0.4 is 0 Å². The molecule has 0 N–H and O–H groups in total. The second-order valence-electron chi connectivity index (χ2n) is 9.15. The van der Waals surface area contributed by atoms with Crippen LogP contribution in [0.15, 0.2) is 41.6 Å². The summed E-state index contributed by atoms with van der Waals surface area (Å²) >= 11 is 0. The number of aryl methyl sites for hydroxylation is 1. The fourth-order valence-corrected chi connectivity index (χ4v) is 4.67. The van der Waals surface area contributed by atoms with Crippen LogP contribution in [0, 0.1) is 0 Å². The van der Waals surface area contributed by atoms with E-state index in [0.29, 0.717) is 36.2 Å². The van der Waals surface area contributed by atoms with Gasteiger partial charge in [-0.1, -0.05) is 55.6 Å². The van der Waals surface area contributed by atoms with Gasteiger partial charge in [0.2, 0.25) is 0 Å². The SMILES string of the molecule is [2H]C([2H])([2H])/C(=N\OCc1ccc(C2CCCCC2)c(C(F)(F)F)c1)c1ccc(C([2H])([2H])N2CCC2)c(CC)c1. The van der Waals surface area contributed by atoms with Gasteiger partial charge in [-0.3, -0.25) is 4.90 Å². The normalized spacial score (nSPS) is 21.1. The van der Waals surface area contributed by atoms with Crippen molar-refractivity contribution in [3.8, 4) is 0 Å². The topological polar surface area (TPSA) is 24.8 Å². The van der Waals surface area contributed by atoms with Crippen molar-refractivity contribution in [1.82, 2.24) is 4.90 Å². The van der Waals surface area contributed by atoms with Crippen molar-refractivity contribution in [3.63, 3.8) is 0 Å². The van der Waals surface area contributed by atoms with Crippen molar-refractivity contribution < 1.29 is 24.9 Å². The average Bonchev–Trinajstić information content (AvgIpc) is 2.84. The van der Waals surface area contributed by atoms with Crippen LogP contribution in [0.4, 0.5) is 13.2 Å². The third-order valence-electron chi connectivity index (χ3n) is 6.75. The van der Waals surface area contributed by atoms with Crippen LogP contribution in [-0.2, 0) is 30.5 Å². The van der Waals surface area contributed by atoms with E-state index in [1.807, 2.05) is 6.92 Å². The van der Waals surface area contributed by atoms with Crippen LogP contribution in [0.5, 0.6) is 0 Å². The molecule has 1 aliphatic heterocycles. The van der Waals surface area contributed by atoms with E-state index in [4.69, 9.17) is 11.7 Å². The Morgan fingerprint density at radius 2 is 1.88 bits per heavy atom. The molecule has 2 aliphatic rings. The van der Waals surface area contributed by atoms with Crippen LogP contribution >= 0.6 is 0 Å². The summed E-state index contributed by atoms with van der Waals surface area (Å²) in [5, 5.41) is 3.86. The molecule has 2 fully saturated rings. The highest BCUT2D eigenvalue weighted by molar-refractivity contribution is 5.98. The largest absolute Gasteiger partial charge is 0.416 e. The number of oxime groups is 1. The van der Waals surface area contributed by atoms with Gasteiger partial charge in [-0.15, -0.1) is 0 Å². The maximum Gasteiger partial charge on any atom is 0.416 e. The van der Waals surface area contributed by atoms with Crippen LogP contribution in [0.1, 0.15) is 98.5 Å². The highest BCUT2D eigenvalue weighted by atomic mass is 19.4. The first-order chi connectivity index (χ1) is 18.3. The molecule has 0 unspecified atom stereocenters. The second-order valence-corrected chi connectivity index (χ2v) is 9.15. The second kappa shape index (κ2) is 10.9. The van der Waals surface area contributed by atoms with Gasteiger partial charge in [0.15, 0.2) is 0 Å². The molecule has 6 heteroatoms. The Morgan fingerprint density at radius 1 is 1.09 bits per heavy atom. The fraction of sp³-hybridized carbons (Fsp3) is 0.536. The first kappa shape index (κ1) is 18.9. The lowest BCUT2D eigenvalue weighted by atomic mass is 9.81. The molecule has 0 atom stereocenters. The minimum atomic E-state index is -4.50. The molecule has 34 heavy (non-hydrogen) atoms. The summed E-state index contributed by atoms with van der Waals surface area (Å²) in [6, 6.07) is 8.91. The summed E-state index contributed by atoms with van der Waals surface area (Å²) in [5.41, 5.74) is 0.967. The number of hydrogen-bond acceptors (Lipinski definition) is 3. The molecule has 2 aromatic carbocycles. The molecule has 0 aromatic heterocycles. The zero-order valence-electron chi connectivity index (χ0n) is 24.5. The van der Waals surface area contributed by atoms with Gasteiger partial charge < -0.3 is 4.84 Å². The minimum absolute atomic E-state index is 0.117. The third kappa shape index (κ3) is 6.01. The van der Waals surface area contributed by atoms with Gasteiger partial charge in [0.25, 0.3) is 0 Å². The summed E-state index contributed by atoms with van der Waals surface area (Å²) in [4.78, 5) is 7.06. The molecule has 0 bridgehead atoms. The fourth-order valence-electron chi connectivity index (χ4n) is 4.67. The number of rotatable bonds is 8. The number of hydrogen-bond donors (Lipinski definition) is 0. The predicted octanol–water partition coefficient (Wildman–Crippen LogP) is 7.46. The Kier molecular flexibility index (Phi) is 6.09. The van der Waals surface area contributed by atoms with Gasteiger partial charge in [-0.25, -0.2) is 0 Å². The van der Waals surface area contributed by atoms with Crippen molar-refractivity contribution in [2.75, 3.05) is 13.1 Å². The van der Waals surface area contributed by atoms with Crippen LogP contribution in [0.3, 0.4) is 0 Å². The minimum Gasteiger partial charge on any atom is -0.391 e. The molecule has 184 valence electrons. The third-order valence-corrected chi connectivity index (χ3v) is 6.75. The van der Waals surface area contributed by atoms with Gasteiger partial charge in [0.05, 0.1) is 11.3 Å². The monoisotopic (exact) mass is 477 g/mol. The zero-order chi connectivity index (χ0) is 28.4. The number of halogens is 3. The van der Waals surface area contributed by atoms with Gasteiger partial charge in [-0.05, 0) is 91.5 Å². The van der Waals surface area contributed by atoms with E-state index in [1.54, 1.807) is 23.1 Å². The highest BCUT2D eigenvalue weighted by Crippen LogP contribution is 2.41. The Hall–Kier alpha value is -2.34. The van der Waals surface area contributed by atoms with Gasteiger partial charge in [0, 0.05) is 13.4 Å². The highest BCUT2D eigenvalue weighted by Gasteiger charge is 2.35. The van der Waals surface area contributed by atoms with E-state index in [1.165, 1.54) is 12.1 Å². The quantitative estimate of drug-likeness (QED) is 0.291. The number of likely N-dealkylation sites (tertiary alicyclic amines) is 1. The Bertz CT molecular complexity index is 1190. The summed E-state index contributed by atoms with van der Waals surface area (Å²) in [6.07, 6.45) is 1.27. The Labute approximate surface area is 208 Å². The van der Waals surface area contributed by atoms with Crippen molar-refractivity contribution >= 4 is 5.71 Å². The van der Waals surface area contributed by atoms with E-state index in [2.05, 4.69) is 5.16 Å². The lowest BCUT2D eigenvalue weighted by Gasteiger charge is -2.31. The Morgan fingerprint density at radius 3 is 2.53 bits per heavy atom. The van der Waals surface area contributed by atoms with Crippen molar-refractivity contribution in [2.24, 2.45) is 5.16 Å². The van der Waals surface area contributed by atoms with E-state index in [0.717, 1.165) is 44.6 Å². The lowest BCUT2D eigenvalue weighted by Crippen LogP contribution is -2.36. The molecule has 1 saturated carbocycles. The van der Waals surface area contributed by atoms with E-state index < -0.39 is 25.1 Å². The van der Waals surface area contributed by atoms with E-state index >= 15 is 0 Å². The number of benzene rings is 2. The predicted molar refractivity (Wildman–Crippen MR) is 130 cm³/mol. The first-order valence-electron chi connectivity index (χ1n) is 14.6. The maximum atomic E-state index is 13.9. The van der Waals surface area contributed by atoms with E-state index in [-0.39, 0.29) is 29.4 Å². The molecule has 0 spiro atoms. The van der Waals surface area contributed by atoms with E-state index in [9.17, 15) is 13.2 Å². The standard InChI is InChI=1S/C28H35F3N2O/c1-3-22-17-24(11-12-25(22)18-33-14-7-15-33)20(2)32-34-19-21-10-13-26(23-8-5-4-6-9-23)27(16-21)28(29,30)31/h10-13,16-17,23H,3-9,14-15,18-19H2,1-2H3/b32-20+/i2D3,18D2. The molecule has 4 rings (SSSR count). The summed E-state index contributed by atoms with van der Waals surface area (Å²) < 4.78 is 82.7. The van der Waals surface area contributed by atoms with Gasteiger partial charge in [0.1, 0.15) is 6.61 Å². The summed E-state index contributed by atoms with van der Waals surface area (Å²) in [5.74, 6) is -0.117. The molecular formula is C28H35F3N2O. The molecule has 1 heterocycles. The van der Waals surface area contributed by atoms with Crippen LogP contribution in [0.25, 0.3) is 0 Å². The van der Waals surface area contributed by atoms with Crippen LogP contribution in [0.2, 0.25) is 0 Å². The summed E-state index contributed by atoms with van der Waals surface area (Å²) in [6.45, 7) is -1.45. The molecule has 3 nitrogen and oxygen atoms in total. The van der Waals surface area contributed by atoms with Crippen LogP contribution in [-0.4, -0.2) is 23.7 Å². The number of alkyl halides is 3. The van der Waals surface area contributed by atoms with Crippen molar-refractivity contribution in [1.29, 1.82) is 0 Å². The molecule has 0 amide bonds. The maximum absolute atomic E-state index is 13.9. The number of nitrogens with zero attached hydrogens (tertiary/aromatic N) is 2. The average molecular weight is 478 g/mol. The van der Waals surface area contributed by atoms with Gasteiger partial charge in [-0.2, -0.15) is 13.2 Å². The Balaban J connectivity index is 1.58. The van der Waals surface area contributed by atoms with Crippen molar-refractivity contribution in [2.45, 2.75) is 83.9 Å². The lowest BCUT2D eigenvalue weighted by molar-refractivity contribution is -0.138. The summed E-state index contributed by atoms with van der Waals surface area (Å²) in [7, 11) is 0. The smallest absolute Gasteiger partial charge is 0.391 e.